The summed E-state index contributed by atoms with van der Waals surface area (Å²) in [7, 11) is 0. The Bertz CT molecular complexity index is 2710. The fourth-order valence-electron chi connectivity index (χ4n) is 10.7. The summed E-state index contributed by atoms with van der Waals surface area (Å²) in [6.45, 7) is 3.91. The smallest absolute Gasteiger partial charge is 0.245 e. The summed E-state index contributed by atoms with van der Waals surface area (Å²) >= 11 is 2.91. The number of nitrogens with two attached hydrogens (primary N) is 7. The first-order valence-corrected chi connectivity index (χ1v) is 34.4. The molecule has 1 aromatic rings. The first-order chi connectivity index (χ1) is 44.2. The summed E-state index contributed by atoms with van der Waals surface area (Å²) in [4.78, 5) is 184. The van der Waals surface area contributed by atoms with Crippen molar-refractivity contribution in [1.82, 2.24) is 52.3 Å². The van der Waals surface area contributed by atoms with Crippen LogP contribution in [0, 0.1) is 5.92 Å². The summed E-state index contributed by atoms with van der Waals surface area (Å²) in [5.41, 5.74) is 40.0. The number of nitrogens with zero attached hydrogens (tertiary/aromatic N) is 3. The third kappa shape index (κ3) is 29.0. The van der Waals surface area contributed by atoms with Crippen LogP contribution < -0.4 is 82.7 Å². The fraction of sp³-hybridized carbons (Fsp3) is 0.667. The largest absolute Gasteiger partial charge is 0.370 e. The molecule has 10 atom stereocenters. The third-order valence-electron chi connectivity index (χ3n) is 15.6. The number of guanidine groups is 1. The number of thioether (sulfide) groups is 2. The molecule has 0 spiro atoms. The lowest BCUT2D eigenvalue weighted by Crippen LogP contribution is -2.60. The third-order valence-corrected chi connectivity index (χ3v) is 16.9. The maximum absolute atomic E-state index is 14.6. The number of hydrogen-bond acceptors (Lipinski definition) is 18. The molecule has 1 aromatic carbocycles. The molecule has 2 heterocycles. The second-order valence-electron chi connectivity index (χ2n) is 23.6. The predicted octanol–water partition coefficient (Wildman–Crippen LogP) is -3.81. The average Bonchev–Trinajstić information content (AvgIpc) is 1.79. The molecule has 22 N–H and O–H groups in total. The zero-order chi connectivity index (χ0) is 69.2. The number of aliphatic imine (C=N–C) groups is 1. The Balaban J connectivity index is 1.86. The van der Waals surface area contributed by atoms with Crippen molar-refractivity contribution in [2.24, 2.45) is 51.0 Å². The van der Waals surface area contributed by atoms with E-state index in [1.54, 1.807) is 30.3 Å². The van der Waals surface area contributed by atoms with Crippen LogP contribution in [0.15, 0.2) is 35.3 Å². The van der Waals surface area contributed by atoms with Crippen molar-refractivity contribution in [3.8, 4) is 0 Å². The Morgan fingerprint density at radius 1 is 0.548 bits per heavy atom. The Morgan fingerprint density at radius 2 is 1.05 bits per heavy atom. The Labute approximate surface area is 552 Å². The lowest BCUT2D eigenvalue weighted by molar-refractivity contribution is -0.144. The van der Waals surface area contributed by atoms with Crippen molar-refractivity contribution in [3.63, 3.8) is 0 Å². The van der Waals surface area contributed by atoms with Gasteiger partial charge in [0, 0.05) is 38.9 Å². The normalized spacial score (nSPS) is 17.0. The molecule has 2 aliphatic heterocycles. The van der Waals surface area contributed by atoms with Crippen molar-refractivity contribution < 1.29 is 62.3 Å². The first kappa shape index (κ1) is 79.5. The van der Waals surface area contributed by atoms with Crippen LogP contribution in [-0.4, -0.2) is 210 Å². The summed E-state index contributed by atoms with van der Waals surface area (Å²) in [6, 6.07) is -3.62. The van der Waals surface area contributed by atoms with Gasteiger partial charge in [-0.25, -0.2) is 0 Å². The van der Waals surface area contributed by atoms with Crippen LogP contribution in [0.1, 0.15) is 129 Å². The molecule has 0 radical (unpaired) electrons. The fourth-order valence-corrected chi connectivity index (χ4v) is 11.6. The lowest BCUT2D eigenvalue weighted by atomic mass is 10.0. The minimum absolute atomic E-state index is 0.00664. The van der Waals surface area contributed by atoms with Gasteiger partial charge < -0.3 is 92.5 Å². The molecule has 0 aromatic heterocycles. The minimum Gasteiger partial charge on any atom is -0.370 e. The average molecular weight is 1350 g/mol. The number of carbonyl (C=O) groups excluding carboxylic acids is 13. The molecule has 0 bridgehead atoms. The molecule has 33 heteroatoms. The summed E-state index contributed by atoms with van der Waals surface area (Å²) in [5.74, 6) is -9.05. The van der Waals surface area contributed by atoms with E-state index in [0.29, 0.717) is 62.0 Å². The summed E-state index contributed by atoms with van der Waals surface area (Å²) in [5, 5.41) is 21.1. The van der Waals surface area contributed by atoms with E-state index in [-0.39, 0.29) is 89.4 Å². The van der Waals surface area contributed by atoms with Crippen LogP contribution in [0.5, 0.6) is 0 Å². The number of unbranched alkanes of at least 4 members (excludes halogenated alkanes) is 1. The van der Waals surface area contributed by atoms with E-state index < -0.39 is 163 Å². The van der Waals surface area contributed by atoms with E-state index in [1.165, 1.54) is 33.3 Å². The highest BCUT2D eigenvalue weighted by Crippen LogP contribution is 2.24. The van der Waals surface area contributed by atoms with Crippen LogP contribution in [0.2, 0.25) is 0 Å². The monoisotopic (exact) mass is 1340 g/mol. The quantitative estimate of drug-likeness (QED) is 0.0169. The highest BCUT2D eigenvalue weighted by atomic mass is 32.2. The highest BCUT2D eigenvalue weighted by molar-refractivity contribution is 7.98. The SMILES string of the molecule is CSCCC[C@H](NC(=O)[C@H](CCC(N)=O)NC(=O)[C@H](CCC(N)=O)NC(=O)[C@H]1CCCN1C(=O)[C@H](CCCCN)NC(=O)[C@@H]1CCCN1C(=O)[C@@H](N)CCCN=C(N)N)C(=O)N[C@@H](Cc1ccccc1)C(=O)NCC(=O)N[C@@H](CC(C)C)C(=O)N[C@@H](CCSC)C(N)=O. The predicted molar refractivity (Wildman–Crippen MR) is 353 cm³/mol. The van der Waals surface area contributed by atoms with Crippen LogP contribution in [-0.2, 0) is 68.7 Å². The van der Waals surface area contributed by atoms with Crippen molar-refractivity contribution in [2.75, 3.05) is 56.7 Å². The van der Waals surface area contributed by atoms with Gasteiger partial charge in [-0.15, -0.1) is 0 Å². The number of amides is 13. The second-order valence-corrected chi connectivity index (χ2v) is 25.5. The maximum atomic E-state index is 14.6. The molecule has 520 valence electrons. The van der Waals surface area contributed by atoms with Gasteiger partial charge in [-0.3, -0.25) is 67.3 Å². The molecule has 0 unspecified atom stereocenters. The zero-order valence-corrected chi connectivity index (χ0v) is 55.6. The first-order valence-electron chi connectivity index (χ1n) is 31.6. The van der Waals surface area contributed by atoms with E-state index in [9.17, 15) is 62.3 Å². The van der Waals surface area contributed by atoms with Crippen molar-refractivity contribution in [3.05, 3.63) is 35.9 Å². The Hall–Kier alpha value is -7.78. The van der Waals surface area contributed by atoms with Crippen molar-refractivity contribution in [1.29, 1.82) is 0 Å². The van der Waals surface area contributed by atoms with Gasteiger partial charge in [0.2, 0.25) is 76.8 Å². The van der Waals surface area contributed by atoms with E-state index in [2.05, 4.69) is 47.5 Å². The molecule has 0 aliphatic carbocycles. The van der Waals surface area contributed by atoms with Gasteiger partial charge >= 0.3 is 0 Å². The Morgan fingerprint density at radius 3 is 1.58 bits per heavy atom. The van der Waals surface area contributed by atoms with Gasteiger partial charge in [0.15, 0.2) is 5.96 Å². The number of primary amides is 3. The van der Waals surface area contributed by atoms with Gasteiger partial charge in [-0.2, -0.15) is 23.5 Å². The molecule has 0 saturated carbocycles. The van der Waals surface area contributed by atoms with Crippen LogP contribution in [0.25, 0.3) is 0 Å². The van der Waals surface area contributed by atoms with E-state index in [4.69, 9.17) is 40.1 Å². The number of carbonyl (C=O) groups is 13. The van der Waals surface area contributed by atoms with Crippen LogP contribution in [0.4, 0.5) is 0 Å². The standard InChI is InChI=1S/C60H100N18O13S2/c1-35(2)32-43(55(87)71-38(50(65)82)25-31-93-4)70-49(81)34-69-51(83)44(33-36-14-6-5-7-15-36)76-52(84)39(18-13-30-92-3)72-53(85)40(21-23-47(63)79)73-54(86)41(22-24-48(64)80)74-56(88)46-20-12-29-78(46)59(91)42(17-8-9-26-61)75-57(89)45-19-11-28-77(45)58(90)37(62)16-10-27-68-60(66)67/h5-7,14-15,35,37-46H,8-13,16-34,61-62H2,1-4H3,(H2,63,79)(H2,64,80)(H2,65,82)(H,69,83)(H,70,81)(H,71,87)(H,72,85)(H,73,86)(H,74,88)(H,75,89)(H,76,84)(H4,66,67,68)/t37-,38-,39-,40-,41-,42-,43-,44-,45-,46+/m0/s1. The summed E-state index contributed by atoms with van der Waals surface area (Å²) in [6.07, 6.45) is 5.68. The topological polar surface area (TPSA) is 519 Å². The van der Waals surface area contributed by atoms with Gasteiger partial charge in [0.1, 0.15) is 54.4 Å². The van der Waals surface area contributed by atoms with Crippen molar-refractivity contribution in [2.45, 2.75) is 190 Å². The van der Waals surface area contributed by atoms with Gasteiger partial charge in [-0.05, 0) is 138 Å². The summed E-state index contributed by atoms with van der Waals surface area (Å²) < 4.78 is 0. The molecular weight excluding hydrogens is 1240 g/mol. The van der Waals surface area contributed by atoms with E-state index in [0.717, 1.165) is 0 Å². The number of nitrogens with one attached hydrogen (secondary N) is 8. The Kier molecular flexibility index (Phi) is 36.3. The van der Waals surface area contributed by atoms with Gasteiger partial charge in [-0.1, -0.05) is 44.2 Å². The minimum atomic E-state index is -1.60. The zero-order valence-electron chi connectivity index (χ0n) is 53.9. The molecule has 31 nitrogen and oxygen atoms in total. The molecule has 2 aliphatic rings. The highest BCUT2D eigenvalue weighted by Gasteiger charge is 2.42. The van der Waals surface area contributed by atoms with E-state index in [1.807, 2.05) is 26.4 Å². The van der Waals surface area contributed by atoms with Crippen LogP contribution in [0.3, 0.4) is 0 Å². The maximum Gasteiger partial charge on any atom is 0.245 e. The van der Waals surface area contributed by atoms with Crippen molar-refractivity contribution >= 4 is 106 Å². The number of rotatable bonds is 44. The molecule has 93 heavy (non-hydrogen) atoms. The molecule has 3 rings (SSSR count). The second kappa shape index (κ2) is 42.4. The number of benzene rings is 1. The number of likely N-dealkylation sites (tertiary alicyclic amines) is 2. The van der Waals surface area contributed by atoms with Gasteiger partial charge in [0.05, 0.1) is 12.6 Å². The molecule has 2 saturated heterocycles. The number of hydrogen-bond donors (Lipinski definition) is 15. The van der Waals surface area contributed by atoms with Crippen LogP contribution >= 0.6 is 23.5 Å². The molecule has 2 fully saturated rings. The van der Waals surface area contributed by atoms with E-state index >= 15 is 0 Å². The molecule has 13 amide bonds. The lowest BCUT2D eigenvalue weighted by Gasteiger charge is -2.32. The van der Waals surface area contributed by atoms with Gasteiger partial charge in [0.25, 0.3) is 0 Å². The molecular formula is C60H100N18O13S2.